The topological polar surface area (TPSA) is 52.6 Å². The molecule has 0 aromatic carbocycles. The van der Waals surface area contributed by atoms with Crippen molar-refractivity contribution in [2.75, 3.05) is 0 Å². The van der Waals surface area contributed by atoms with Crippen LogP contribution in [0.1, 0.15) is 0 Å². The van der Waals surface area contributed by atoms with Crippen molar-refractivity contribution in [3.8, 4) is 0 Å². The first kappa shape index (κ1) is 29.3. The Morgan fingerprint density at radius 2 is 1.00 bits per heavy atom. The molecule has 0 saturated heterocycles. The minimum absolute atomic E-state index is 0. The molecule has 0 amide bonds. The molecule has 0 aliphatic rings. The van der Waals surface area contributed by atoms with Gasteiger partial charge in [0, 0.05) is 86.0 Å². The van der Waals surface area contributed by atoms with E-state index in [4.69, 9.17) is 0 Å². The molecule has 0 aliphatic carbocycles. The van der Waals surface area contributed by atoms with Crippen LogP contribution >= 0.6 is 0 Å². The van der Waals surface area contributed by atoms with Gasteiger partial charge >= 0.3 is 61.9 Å². The van der Waals surface area contributed by atoms with Gasteiger partial charge in [-0.15, -0.1) is 0 Å². The Hall–Kier alpha value is 2.76. The number of rotatable bonds is 0. The Labute approximate surface area is 145 Å². The third-order valence-corrected chi connectivity index (χ3v) is 0.745. The fourth-order valence-corrected chi connectivity index (χ4v) is 0.260. The van der Waals surface area contributed by atoms with Crippen LogP contribution in [0, 0.1) is 0 Å². The molecule has 4 nitrogen and oxygen atoms in total. The zero-order chi connectivity index (χ0) is 6.57. The van der Waals surface area contributed by atoms with Crippen molar-refractivity contribution >= 4 is 11.9 Å². The molecule has 0 rings (SSSR count). The maximum Gasteiger partial charge on any atom is 0 e. The molecule has 0 spiro atoms. The molecule has 0 heterocycles. The van der Waals surface area contributed by atoms with Crippen molar-refractivity contribution in [2.45, 2.75) is 0 Å². The summed E-state index contributed by atoms with van der Waals surface area (Å²) in [6, 6.07) is 0. The molecule has 0 bridgehead atoms. The molecule has 10 heteroatoms. The molecule has 0 aromatic rings. The van der Waals surface area contributed by atoms with Gasteiger partial charge in [0.2, 0.25) is 0 Å². The fraction of sp³-hybridized carbons (Fsp3) is 0. The Morgan fingerprint density at radius 3 is 1.08 bits per heavy atom. The van der Waals surface area contributed by atoms with Gasteiger partial charge in [0.1, 0.15) is 0 Å². The molecule has 0 fully saturated rings. The van der Waals surface area contributed by atoms with E-state index in [9.17, 15) is 9.59 Å². The number of carbonyl (C=O) groups is 2. The molecule has 0 saturated carbocycles. The SMILES string of the molecule is O=C([O][Mn])C(=O)[O][Mn].[Co].[Co].[Zr].[Zr]. The van der Waals surface area contributed by atoms with Gasteiger partial charge in [0.05, 0.1) is 0 Å². The van der Waals surface area contributed by atoms with Crippen molar-refractivity contribution in [1.29, 1.82) is 0 Å². The zero-order valence-electron chi connectivity index (χ0n) is 5.06. The Bertz CT molecular complexity index is 112. The molecule has 0 unspecified atom stereocenters. The summed E-state index contributed by atoms with van der Waals surface area (Å²) in [5, 5.41) is 0. The van der Waals surface area contributed by atoms with Crippen LogP contribution in [0.5, 0.6) is 0 Å². The first-order valence-corrected chi connectivity index (χ1v) is 2.34. The van der Waals surface area contributed by atoms with E-state index in [0.717, 1.165) is 0 Å². The molecule has 0 atom stereocenters. The summed E-state index contributed by atoms with van der Waals surface area (Å²) in [4.78, 5) is 19.9. The molecule has 2 radical (unpaired) electrons. The Morgan fingerprint density at radius 1 is 0.833 bits per heavy atom. The molecule has 0 aromatic heterocycles. The summed E-state index contributed by atoms with van der Waals surface area (Å²) in [6.07, 6.45) is 0. The summed E-state index contributed by atoms with van der Waals surface area (Å²) in [5.74, 6) is -2.22. The molecular formula is C2Co2Mn2O4Zr2. The standard InChI is InChI=1S/C2H2O4.2Co.2Mn.2Zr/c3-1(4)2(5)6;;;;;;/h(H,3,4)(H,5,6);;;;;;/q;;;2*+1;;/p-2. The van der Waals surface area contributed by atoms with E-state index < -0.39 is 11.9 Å². The van der Waals surface area contributed by atoms with Gasteiger partial charge in [0.15, 0.2) is 0 Å². The van der Waals surface area contributed by atoms with E-state index in [1.165, 1.54) is 0 Å². The predicted octanol–water partition coefficient (Wildman–Crippen LogP) is -1.01. The van der Waals surface area contributed by atoms with Crippen molar-refractivity contribution in [2.24, 2.45) is 0 Å². The van der Waals surface area contributed by atoms with E-state index in [2.05, 4.69) is 40.3 Å². The Balaban J connectivity index is -0.0000000408. The predicted molar refractivity (Wildman–Crippen MR) is 12.2 cm³/mol. The Kier molecular flexibility index (Phi) is 47.3. The van der Waals surface area contributed by atoms with E-state index in [0.29, 0.717) is 0 Å². The first-order valence-electron chi connectivity index (χ1n) is 1.38. The second kappa shape index (κ2) is 19.3. The van der Waals surface area contributed by atoms with Gasteiger partial charge in [-0.3, -0.25) is 0 Å². The normalized spacial score (nSPS) is 5.17. The van der Waals surface area contributed by atoms with Crippen LogP contribution < -0.4 is 0 Å². The van der Waals surface area contributed by atoms with Gasteiger partial charge in [-0.1, -0.05) is 0 Å². The minimum Gasteiger partial charge on any atom is 0 e. The van der Waals surface area contributed by atoms with Gasteiger partial charge in [-0.2, -0.15) is 0 Å². The van der Waals surface area contributed by atoms with Crippen molar-refractivity contribution in [1.82, 2.24) is 0 Å². The third kappa shape index (κ3) is 15.2. The van der Waals surface area contributed by atoms with Crippen molar-refractivity contribution in [3.05, 3.63) is 0 Å². The maximum atomic E-state index is 9.97. The molecule has 0 N–H and O–H groups in total. The average molecular weight is 498 g/mol. The van der Waals surface area contributed by atoms with Crippen LogP contribution in [0.4, 0.5) is 0 Å². The average Bonchev–Trinajstić information content (AvgIpc) is 1.84. The van der Waals surface area contributed by atoms with Gasteiger partial charge in [-0.25, -0.2) is 0 Å². The molecular weight excluding hydrogens is 498 g/mol. The second-order valence-electron chi connectivity index (χ2n) is 0.729. The molecule has 72 valence electrons. The van der Waals surface area contributed by atoms with Gasteiger partial charge in [-0.05, 0) is 0 Å². The number of carbonyl (C=O) groups excluding carboxylic acids is 2. The maximum absolute atomic E-state index is 9.97. The van der Waals surface area contributed by atoms with Crippen LogP contribution in [0.3, 0.4) is 0 Å². The van der Waals surface area contributed by atoms with Gasteiger partial charge in [0.25, 0.3) is 0 Å². The quantitative estimate of drug-likeness (QED) is 0.318. The largest absolute Gasteiger partial charge is 0 e. The first-order chi connectivity index (χ1) is 3.72. The minimum atomic E-state index is -1.11. The van der Waals surface area contributed by atoms with E-state index in [-0.39, 0.29) is 86.0 Å². The number of hydrogen-bond donors (Lipinski definition) is 0. The smallest absolute Gasteiger partial charge is 0 e. The van der Waals surface area contributed by atoms with Crippen LogP contribution in [0.15, 0.2) is 0 Å². The second-order valence-corrected chi connectivity index (χ2v) is 1.21. The number of hydrogen-bond acceptors (Lipinski definition) is 4. The van der Waals surface area contributed by atoms with Crippen LogP contribution in [0.2, 0.25) is 0 Å². The van der Waals surface area contributed by atoms with Crippen LogP contribution in [-0.4, -0.2) is 11.9 Å². The molecule has 12 heavy (non-hydrogen) atoms. The fourth-order valence-electron chi connectivity index (χ4n) is 0.0630. The van der Waals surface area contributed by atoms with Crippen molar-refractivity contribution < 1.29 is 136 Å². The molecule has 0 aliphatic heterocycles. The van der Waals surface area contributed by atoms with Crippen LogP contribution in [0.25, 0.3) is 0 Å². The van der Waals surface area contributed by atoms with Gasteiger partial charge < -0.3 is 0 Å². The summed E-state index contributed by atoms with van der Waals surface area (Å²) in [7, 11) is 0. The zero-order valence-corrected chi connectivity index (χ0v) is 14.4. The third-order valence-electron chi connectivity index (χ3n) is 0.307. The summed E-state index contributed by atoms with van der Waals surface area (Å²) in [5.41, 5.74) is 0. The summed E-state index contributed by atoms with van der Waals surface area (Å²) in [6.45, 7) is 0. The van der Waals surface area contributed by atoms with E-state index in [1.54, 1.807) is 0 Å². The summed E-state index contributed by atoms with van der Waals surface area (Å²) < 4.78 is 7.54. The van der Waals surface area contributed by atoms with E-state index in [1.807, 2.05) is 0 Å². The van der Waals surface area contributed by atoms with Crippen LogP contribution in [-0.2, 0) is 136 Å². The van der Waals surface area contributed by atoms with Crippen molar-refractivity contribution in [3.63, 3.8) is 0 Å². The monoisotopic (exact) mass is 496 g/mol. The summed E-state index contributed by atoms with van der Waals surface area (Å²) >= 11 is 4.57. The van der Waals surface area contributed by atoms with E-state index >= 15 is 0 Å².